The zero-order valence-corrected chi connectivity index (χ0v) is 11.4. The normalized spacial score (nSPS) is 11.9. The third-order valence-electron chi connectivity index (χ3n) is 2.30. The third kappa shape index (κ3) is 3.90. The summed E-state index contributed by atoms with van der Waals surface area (Å²) in [6, 6.07) is 1.19. The molecule has 5 N–H and O–H groups in total. The van der Waals surface area contributed by atoms with E-state index in [4.69, 9.17) is 11.5 Å². The lowest BCUT2D eigenvalue weighted by atomic mass is 10.3. The van der Waals surface area contributed by atoms with Gasteiger partial charge >= 0.3 is 5.69 Å². The Morgan fingerprint density at radius 3 is 2.30 bits per heavy atom. The van der Waals surface area contributed by atoms with Gasteiger partial charge in [-0.05, 0) is 6.92 Å². The lowest BCUT2D eigenvalue weighted by Crippen LogP contribution is -2.39. The molecule has 9 nitrogen and oxygen atoms in total. The van der Waals surface area contributed by atoms with E-state index in [9.17, 15) is 24.8 Å². The van der Waals surface area contributed by atoms with Crippen molar-refractivity contribution < 1.29 is 19.6 Å². The van der Waals surface area contributed by atoms with Gasteiger partial charge in [-0.1, -0.05) is 0 Å². The molecule has 110 valence electrons. The predicted molar refractivity (Wildman–Crippen MR) is 72.2 cm³/mol. The van der Waals surface area contributed by atoms with Gasteiger partial charge in [-0.2, -0.15) is 0 Å². The number of rotatable bonds is 7. The molecule has 0 bridgehead atoms. The van der Waals surface area contributed by atoms with Gasteiger partial charge in [0.25, 0.3) is 0 Å². The van der Waals surface area contributed by atoms with Crippen LogP contribution in [-0.2, 0) is 9.59 Å². The first-order chi connectivity index (χ1) is 9.22. The number of thiophene rings is 1. The monoisotopic (exact) mass is 302 g/mol. The van der Waals surface area contributed by atoms with Crippen molar-refractivity contribution in [1.82, 2.24) is 0 Å². The Morgan fingerprint density at radius 1 is 1.45 bits per heavy atom. The summed E-state index contributed by atoms with van der Waals surface area (Å²) in [5.74, 6) is -1.51. The van der Waals surface area contributed by atoms with Crippen LogP contribution in [0, 0.1) is 10.1 Å². The van der Waals surface area contributed by atoms with Crippen molar-refractivity contribution in [3.05, 3.63) is 21.1 Å². The Balaban J connectivity index is 3.25. The number of nitrogens with two attached hydrogens (primary N) is 2. The summed E-state index contributed by atoms with van der Waals surface area (Å²) in [6.45, 7) is 0.679. The Labute approximate surface area is 117 Å². The average Bonchev–Trinajstić information content (AvgIpc) is 2.71. The zero-order chi connectivity index (χ0) is 15.4. The number of aliphatic hydroxyl groups excluding tert-OH is 1. The maximum absolute atomic E-state index is 11.0. The SMILES string of the molecule is C[C@H](O)c1cc([N+](=O)[O-])c(N(CC(N)=O)CC(N)=O)s1. The molecule has 0 aliphatic carbocycles. The van der Waals surface area contributed by atoms with Crippen LogP contribution in [0.1, 0.15) is 17.9 Å². The minimum absolute atomic E-state index is 0.0588. The summed E-state index contributed by atoms with van der Waals surface area (Å²) in [5.41, 5.74) is 9.79. The van der Waals surface area contributed by atoms with Crippen LogP contribution in [0.15, 0.2) is 6.07 Å². The third-order valence-corrected chi connectivity index (χ3v) is 3.66. The molecular formula is C10H14N4O5S. The van der Waals surface area contributed by atoms with Gasteiger partial charge in [-0.25, -0.2) is 0 Å². The molecule has 0 aliphatic heterocycles. The summed E-state index contributed by atoms with van der Waals surface area (Å²) in [5, 5.41) is 20.5. The van der Waals surface area contributed by atoms with Gasteiger partial charge < -0.3 is 21.5 Å². The fraction of sp³-hybridized carbons (Fsp3) is 0.400. The minimum atomic E-state index is -0.906. The Kier molecular flexibility index (Phi) is 5.00. The number of nitrogens with zero attached hydrogens (tertiary/aromatic N) is 2. The number of carbonyl (C=O) groups is 2. The molecule has 0 radical (unpaired) electrons. The zero-order valence-electron chi connectivity index (χ0n) is 10.6. The second-order valence-corrected chi connectivity index (χ2v) is 5.12. The molecule has 0 fully saturated rings. The van der Waals surface area contributed by atoms with Crippen molar-refractivity contribution in [2.24, 2.45) is 11.5 Å². The second kappa shape index (κ2) is 6.30. The number of carbonyl (C=O) groups excluding carboxylic acids is 2. The summed E-state index contributed by atoms with van der Waals surface area (Å²) in [7, 11) is 0. The molecule has 20 heavy (non-hydrogen) atoms. The first kappa shape index (κ1) is 15.9. The fourth-order valence-electron chi connectivity index (χ4n) is 1.53. The van der Waals surface area contributed by atoms with E-state index in [0.717, 1.165) is 16.2 Å². The Bertz CT molecular complexity index is 526. The van der Waals surface area contributed by atoms with Gasteiger partial charge in [0, 0.05) is 10.9 Å². The van der Waals surface area contributed by atoms with Crippen LogP contribution in [0.5, 0.6) is 0 Å². The van der Waals surface area contributed by atoms with Gasteiger partial charge in [-0.3, -0.25) is 19.7 Å². The van der Waals surface area contributed by atoms with Crippen LogP contribution in [0.2, 0.25) is 0 Å². The predicted octanol–water partition coefficient (Wildman–Crippen LogP) is -0.513. The summed E-state index contributed by atoms with van der Waals surface area (Å²) < 4.78 is 0. The second-order valence-electron chi connectivity index (χ2n) is 4.06. The Morgan fingerprint density at radius 2 is 1.95 bits per heavy atom. The van der Waals surface area contributed by atoms with Crippen molar-refractivity contribution in [1.29, 1.82) is 0 Å². The first-order valence-corrected chi connectivity index (χ1v) is 6.31. The minimum Gasteiger partial charge on any atom is -0.388 e. The van der Waals surface area contributed by atoms with Crippen LogP contribution in [-0.4, -0.2) is 34.9 Å². The van der Waals surface area contributed by atoms with Crippen molar-refractivity contribution in [2.75, 3.05) is 18.0 Å². The highest BCUT2D eigenvalue weighted by molar-refractivity contribution is 7.16. The van der Waals surface area contributed by atoms with Crippen LogP contribution in [0.25, 0.3) is 0 Å². The lowest BCUT2D eigenvalue weighted by Gasteiger charge is -2.18. The highest BCUT2D eigenvalue weighted by Crippen LogP contribution is 2.39. The van der Waals surface area contributed by atoms with E-state index >= 15 is 0 Å². The van der Waals surface area contributed by atoms with E-state index in [1.807, 2.05) is 0 Å². The van der Waals surface area contributed by atoms with Crippen LogP contribution in [0.4, 0.5) is 10.7 Å². The number of primary amides is 2. The lowest BCUT2D eigenvalue weighted by molar-refractivity contribution is -0.383. The molecule has 1 aromatic rings. The summed E-state index contributed by atoms with van der Waals surface area (Å²) in [4.78, 5) is 33.8. The molecule has 1 aromatic heterocycles. The summed E-state index contributed by atoms with van der Waals surface area (Å²) in [6.07, 6.45) is -0.906. The fourth-order valence-corrected chi connectivity index (χ4v) is 2.59. The molecule has 0 aromatic carbocycles. The number of amides is 2. The highest BCUT2D eigenvalue weighted by Gasteiger charge is 2.27. The topological polar surface area (TPSA) is 153 Å². The molecule has 0 spiro atoms. The van der Waals surface area contributed by atoms with Gasteiger partial charge in [0.2, 0.25) is 11.8 Å². The van der Waals surface area contributed by atoms with Crippen molar-refractivity contribution in [3.8, 4) is 0 Å². The molecule has 1 rings (SSSR count). The molecule has 0 saturated carbocycles. The van der Waals surface area contributed by atoms with Crippen molar-refractivity contribution in [3.63, 3.8) is 0 Å². The van der Waals surface area contributed by atoms with E-state index in [1.165, 1.54) is 13.0 Å². The quantitative estimate of drug-likeness (QED) is 0.455. The van der Waals surface area contributed by atoms with Crippen molar-refractivity contribution in [2.45, 2.75) is 13.0 Å². The standard InChI is InChI=1S/C10H14N4O5S/c1-5(15)7-2-6(14(18)19)10(20-7)13(3-8(11)16)4-9(12)17/h2,5,15H,3-4H2,1H3,(H2,11,16)(H2,12,17)/t5-/m0/s1. The Hall–Kier alpha value is -2.20. The summed E-state index contributed by atoms with van der Waals surface area (Å²) >= 11 is 0.907. The van der Waals surface area contributed by atoms with Crippen LogP contribution < -0.4 is 16.4 Å². The number of anilines is 1. The van der Waals surface area contributed by atoms with E-state index in [0.29, 0.717) is 4.88 Å². The molecule has 1 atom stereocenters. The molecule has 0 saturated heterocycles. The molecule has 10 heteroatoms. The van der Waals surface area contributed by atoms with Gasteiger partial charge in [-0.15, -0.1) is 11.3 Å². The number of nitro groups is 1. The smallest absolute Gasteiger partial charge is 0.304 e. The molecular weight excluding hydrogens is 288 g/mol. The van der Waals surface area contributed by atoms with E-state index in [1.54, 1.807) is 0 Å². The van der Waals surface area contributed by atoms with E-state index < -0.39 is 22.8 Å². The number of hydrogen-bond acceptors (Lipinski definition) is 7. The van der Waals surface area contributed by atoms with E-state index in [-0.39, 0.29) is 23.8 Å². The first-order valence-electron chi connectivity index (χ1n) is 5.50. The highest BCUT2D eigenvalue weighted by atomic mass is 32.1. The average molecular weight is 302 g/mol. The molecule has 0 aliphatic rings. The molecule has 0 unspecified atom stereocenters. The largest absolute Gasteiger partial charge is 0.388 e. The van der Waals surface area contributed by atoms with Gasteiger partial charge in [0.1, 0.15) is 0 Å². The number of aliphatic hydroxyl groups is 1. The van der Waals surface area contributed by atoms with Gasteiger partial charge in [0.05, 0.1) is 24.1 Å². The molecule has 1 heterocycles. The van der Waals surface area contributed by atoms with Gasteiger partial charge in [0.15, 0.2) is 5.00 Å². The van der Waals surface area contributed by atoms with Crippen molar-refractivity contribution >= 4 is 33.8 Å². The van der Waals surface area contributed by atoms with E-state index in [2.05, 4.69) is 0 Å². The van der Waals surface area contributed by atoms with Crippen LogP contribution in [0.3, 0.4) is 0 Å². The van der Waals surface area contributed by atoms with Crippen LogP contribution >= 0.6 is 11.3 Å². The maximum atomic E-state index is 11.0. The maximum Gasteiger partial charge on any atom is 0.304 e. The number of hydrogen-bond donors (Lipinski definition) is 3. The molecule has 2 amide bonds.